The smallest absolute Gasteiger partial charge is 0.166 e. The highest BCUT2D eigenvalue weighted by Crippen LogP contribution is 2.69. The first-order chi connectivity index (χ1) is 12.5. The predicted octanol–water partition coefficient (Wildman–Crippen LogP) is 6.66. The van der Waals surface area contributed by atoms with E-state index in [1.807, 2.05) is 0 Å². The van der Waals surface area contributed by atoms with E-state index in [4.69, 9.17) is 0 Å². The number of hydrogen-bond acceptors (Lipinski definition) is 3. The molecule has 136 valence electrons. The first-order valence-corrected chi connectivity index (χ1v) is 12.7. The van der Waals surface area contributed by atoms with Gasteiger partial charge in [-0.2, -0.15) is 0 Å². The molecule has 0 radical (unpaired) electrons. The van der Waals surface area contributed by atoms with Crippen molar-refractivity contribution >= 4 is 61.2 Å². The summed E-state index contributed by atoms with van der Waals surface area (Å²) >= 11 is 10.5. The molecule has 0 aromatic heterocycles. The Morgan fingerprint density at radius 3 is 1.46 bits per heavy atom. The van der Waals surface area contributed by atoms with Gasteiger partial charge in [0.2, 0.25) is 0 Å². The van der Waals surface area contributed by atoms with Gasteiger partial charge in [0.1, 0.15) is 0 Å². The molecule has 0 spiro atoms. The van der Waals surface area contributed by atoms with E-state index >= 15 is 0 Å². The summed E-state index contributed by atoms with van der Waals surface area (Å²) in [6.45, 7) is 0. The highest BCUT2D eigenvalue weighted by atomic mass is 79.9. The zero-order valence-corrected chi connectivity index (χ0v) is 19.5. The lowest BCUT2D eigenvalue weighted by atomic mass is 10.0. The Morgan fingerprint density at radius 2 is 1.15 bits per heavy atom. The number of halogens is 2. The number of ketones is 1. The average Bonchev–Trinajstić information content (AvgIpc) is 3.56. The largest absolute Gasteiger partial charge is 0.297 e. The van der Waals surface area contributed by atoms with E-state index in [-0.39, 0.29) is 9.49 Å². The molecule has 1 nitrogen and oxygen atoms in total. The molecular formula is C21H20Br2OS2. The van der Waals surface area contributed by atoms with Crippen LogP contribution >= 0.6 is 55.4 Å². The molecule has 2 aliphatic carbocycles. The molecule has 26 heavy (non-hydrogen) atoms. The van der Waals surface area contributed by atoms with Crippen LogP contribution < -0.4 is 0 Å². The Balaban J connectivity index is 1.59. The van der Waals surface area contributed by atoms with E-state index < -0.39 is 0 Å². The van der Waals surface area contributed by atoms with Gasteiger partial charge >= 0.3 is 0 Å². The summed E-state index contributed by atoms with van der Waals surface area (Å²) in [5.41, 5.74) is 2.57. The molecule has 2 aliphatic rings. The van der Waals surface area contributed by atoms with Gasteiger partial charge < -0.3 is 0 Å². The Kier molecular flexibility index (Phi) is 5.13. The number of Topliss-reactive ketones (excluding diaryl/α,β-unsaturated/α-hetero) is 1. The number of rotatable bonds is 6. The van der Waals surface area contributed by atoms with Gasteiger partial charge in [-0.15, -0.1) is 23.5 Å². The van der Waals surface area contributed by atoms with Crippen molar-refractivity contribution in [1.82, 2.24) is 0 Å². The van der Waals surface area contributed by atoms with Crippen molar-refractivity contribution in [3.8, 4) is 0 Å². The van der Waals surface area contributed by atoms with Gasteiger partial charge in [0, 0.05) is 20.8 Å². The zero-order valence-electron chi connectivity index (χ0n) is 14.7. The van der Waals surface area contributed by atoms with Crippen molar-refractivity contribution in [2.45, 2.75) is 34.2 Å². The summed E-state index contributed by atoms with van der Waals surface area (Å²) in [6, 6.07) is 16.9. The van der Waals surface area contributed by atoms with Crippen LogP contribution in [-0.2, 0) is 4.79 Å². The third-order valence-electron chi connectivity index (χ3n) is 5.86. The lowest BCUT2D eigenvalue weighted by molar-refractivity contribution is -0.119. The van der Waals surface area contributed by atoms with Crippen LogP contribution in [0.2, 0.25) is 0 Å². The molecule has 4 unspecified atom stereocenters. The van der Waals surface area contributed by atoms with Gasteiger partial charge in [-0.1, -0.05) is 56.1 Å². The van der Waals surface area contributed by atoms with Gasteiger partial charge in [-0.05, 0) is 60.7 Å². The molecule has 2 aromatic carbocycles. The maximum Gasteiger partial charge on any atom is 0.166 e. The molecule has 4 atom stereocenters. The molecule has 2 saturated carbocycles. The minimum Gasteiger partial charge on any atom is -0.297 e. The second-order valence-electron chi connectivity index (χ2n) is 7.13. The van der Waals surface area contributed by atoms with Crippen molar-refractivity contribution in [2.24, 2.45) is 0 Å². The molecular weight excluding hydrogens is 492 g/mol. The van der Waals surface area contributed by atoms with Crippen molar-refractivity contribution in [2.75, 3.05) is 12.5 Å². The molecule has 0 N–H and O–H groups in total. The Bertz CT molecular complexity index is 767. The Morgan fingerprint density at radius 1 is 0.808 bits per heavy atom. The van der Waals surface area contributed by atoms with E-state index in [1.54, 1.807) is 23.5 Å². The van der Waals surface area contributed by atoms with Crippen LogP contribution in [0.25, 0.3) is 0 Å². The SMILES string of the molecule is CSC1(C(=O)C2(SC)CC2c2ccc(Br)cc2)CC1c1ccc(Br)cc1. The van der Waals surface area contributed by atoms with E-state index in [1.165, 1.54) is 11.1 Å². The lowest BCUT2D eigenvalue weighted by Crippen LogP contribution is -2.33. The highest BCUT2D eigenvalue weighted by molar-refractivity contribution is 9.10. The Labute approximate surface area is 180 Å². The second-order valence-corrected chi connectivity index (χ2v) is 11.2. The van der Waals surface area contributed by atoms with Gasteiger partial charge in [0.25, 0.3) is 0 Å². The van der Waals surface area contributed by atoms with Crippen LogP contribution in [0.1, 0.15) is 35.8 Å². The molecule has 4 rings (SSSR count). The third-order valence-corrected chi connectivity index (χ3v) is 9.65. The summed E-state index contributed by atoms with van der Waals surface area (Å²) in [4.78, 5) is 13.7. The first kappa shape index (κ1) is 19.1. The highest BCUT2D eigenvalue weighted by Gasteiger charge is 2.71. The van der Waals surface area contributed by atoms with Crippen LogP contribution in [-0.4, -0.2) is 27.8 Å². The number of carbonyl (C=O) groups excluding carboxylic acids is 1. The van der Waals surface area contributed by atoms with E-state index in [0.717, 1.165) is 21.8 Å². The molecule has 0 aliphatic heterocycles. The standard InChI is InChI=1S/C21H20Br2OS2/c1-25-20(11-17(20)13-3-7-15(22)8-4-13)19(24)21(26-2)12-18(21)14-5-9-16(23)10-6-14/h3-10,17-18H,11-12H2,1-2H3. The van der Waals surface area contributed by atoms with Gasteiger partial charge in [-0.25, -0.2) is 0 Å². The van der Waals surface area contributed by atoms with Crippen molar-refractivity contribution in [1.29, 1.82) is 0 Å². The van der Waals surface area contributed by atoms with Crippen molar-refractivity contribution in [3.05, 3.63) is 68.6 Å². The van der Waals surface area contributed by atoms with E-state index in [9.17, 15) is 4.79 Å². The fourth-order valence-corrected chi connectivity index (χ4v) is 6.99. The zero-order chi connectivity index (χ0) is 18.5. The minimum absolute atomic E-state index is 0.249. The number of thioether (sulfide) groups is 2. The fraction of sp³-hybridized carbons (Fsp3) is 0.381. The molecule has 0 heterocycles. The second kappa shape index (κ2) is 6.98. The lowest BCUT2D eigenvalue weighted by Gasteiger charge is -2.22. The predicted molar refractivity (Wildman–Crippen MR) is 120 cm³/mol. The minimum atomic E-state index is -0.249. The van der Waals surface area contributed by atoms with Crippen molar-refractivity contribution in [3.63, 3.8) is 0 Å². The quantitative estimate of drug-likeness (QED) is 0.431. The van der Waals surface area contributed by atoms with Crippen LogP contribution in [0, 0.1) is 0 Å². The monoisotopic (exact) mass is 510 g/mol. The summed E-state index contributed by atoms with van der Waals surface area (Å²) in [5, 5.41) is 0. The maximum atomic E-state index is 13.7. The van der Waals surface area contributed by atoms with Crippen LogP contribution in [0.15, 0.2) is 57.5 Å². The Hall–Kier alpha value is -0.230. The average molecular weight is 512 g/mol. The molecule has 2 fully saturated rings. The van der Waals surface area contributed by atoms with Crippen LogP contribution in [0.5, 0.6) is 0 Å². The van der Waals surface area contributed by atoms with E-state index in [0.29, 0.717) is 17.6 Å². The first-order valence-electron chi connectivity index (χ1n) is 8.63. The summed E-state index contributed by atoms with van der Waals surface area (Å²) in [7, 11) is 0. The summed E-state index contributed by atoms with van der Waals surface area (Å²) in [5.74, 6) is 1.13. The van der Waals surface area contributed by atoms with Gasteiger partial charge in [0.15, 0.2) is 5.78 Å². The van der Waals surface area contributed by atoms with Gasteiger partial charge in [-0.3, -0.25) is 4.79 Å². The van der Waals surface area contributed by atoms with E-state index in [2.05, 4.69) is 92.9 Å². The fourth-order valence-electron chi connectivity index (χ4n) is 4.15. The number of hydrogen-bond donors (Lipinski definition) is 0. The van der Waals surface area contributed by atoms with Crippen LogP contribution in [0.4, 0.5) is 0 Å². The van der Waals surface area contributed by atoms with Crippen molar-refractivity contribution < 1.29 is 4.79 Å². The summed E-state index contributed by atoms with van der Waals surface area (Å²) in [6.07, 6.45) is 6.12. The topological polar surface area (TPSA) is 17.1 Å². The third kappa shape index (κ3) is 3.03. The molecule has 0 amide bonds. The molecule has 5 heteroatoms. The van der Waals surface area contributed by atoms with Crippen LogP contribution in [0.3, 0.4) is 0 Å². The number of benzene rings is 2. The molecule has 0 saturated heterocycles. The maximum absolute atomic E-state index is 13.7. The molecule has 0 bridgehead atoms. The summed E-state index contributed by atoms with van der Waals surface area (Å²) < 4.78 is 1.67. The number of carbonyl (C=O) groups is 1. The normalized spacial score (nSPS) is 32.3. The van der Waals surface area contributed by atoms with Gasteiger partial charge in [0.05, 0.1) is 9.49 Å². The molecule has 2 aromatic rings.